The van der Waals surface area contributed by atoms with Crippen LogP contribution >= 0.6 is 0 Å². The summed E-state index contributed by atoms with van der Waals surface area (Å²) in [6.07, 6.45) is 5.38. The molecule has 0 aliphatic heterocycles. The van der Waals surface area contributed by atoms with Crippen LogP contribution in [-0.2, 0) is 0 Å². The topological polar surface area (TPSA) is 39.9 Å². The van der Waals surface area contributed by atoms with Gasteiger partial charge in [0.1, 0.15) is 6.07 Å². The summed E-state index contributed by atoms with van der Waals surface area (Å²) in [6, 6.07) is 4.32. The van der Waals surface area contributed by atoms with Gasteiger partial charge in [0.2, 0.25) is 0 Å². The summed E-state index contributed by atoms with van der Waals surface area (Å²) in [5.41, 5.74) is 3.58. The van der Waals surface area contributed by atoms with Gasteiger partial charge in [-0.2, -0.15) is 5.26 Å². The van der Waals surface area contributed by atoms with E-state index in [0.29, 0.717) is 0 Å². The summed E-state index contributed by atoms with van der Waals surface area (Å²) in [7, 11) is 2.09. The lowest BCUT2D eigenvalue weighted by Crippen LogP contribution is -2.25. The Kier molecular flexibility index (Phi) is 3.86. The van der Waals surface area contributed by atoms with Gasteiger partial charge in [-0.1, -0.05) is 12.8 Å². The molecule has 1 fully saturated rings. The lowest BCUT2D eigenvalue weighted by atomic mass is 10.1. The molecule has 0 spiro atoms. The summed E-state index contributed by atoms with van der Waals surface area (Å²) >= 11 is 0. The molecule has 96 valence electrons. The molecule has 1 aliphatic rings. The molecule has 1 aromatic rings. The van der Waals surface area contributed by atoms with E-state index in [2.05, 4.69) is 23.0 Å². The summed E-state index contributed by atoms with van der Waals surface area (Å²) in [4.78, 5) is 6.60. The van der Waals surface area contributed by atoms with Crippen LogP contribution in [0.4, 0.5) is 5.69 Å². The Balaban J connectivity index is 2.23. The van der Waals surface area contributed by atoms with Crippen molar-refractivity contribution in [2.24, 2.45) is 5.92 Å². The number of hydrogen-bond acceptors (Lipinski definition) is 3. The van der Waals surface area contributed by atoms with Crippen molar-refractivity contribution in [3.8, 4) is 6.07 Å². The maximum atomic E-state index is 9.28. The fourth-order valence-electron chi connectivity index (χ4n) is 2.93. The highest BCUT2D eigenvalue weighted by Crippen LogP contribution is 2.28. The molecular weight excluding hydrogens is 222 g/mol. The van der Waals surface area contributed by atoms with Crippen LogP contribution < -0.4 is 4.90 Å². The second kappa shape index (κ2) is 5.39. The smallest absolute Gasteiger partial charge is 0.103 e. The normalized spacial score (nSPS) is 15.7. The molecule has 1 heterocycles. The van der Waals surface area contributed by atoms with Crippen LogP contribution in [0.15, 0.2) is 6.07 Å². The maximum absolute atomic E-state index is 9.28. The highest BCUT2D eigenvalue weighted by Gasteiger charge is 2.19. The monoisotopic (exact) mass is 243 g/mol. The quantitative estimate of drug-likeness (QED) is 0.818. The van der Waals surface area contributed by atoms with Gasteiger partial charge in [-0.25, -0.2) is 0 Å². The molecule has 1 aromatic heterocycles. The molecule has 0 atom stereocenters. The molecule has 0 unspecified atom stereocenters. The first-order chi connectivity index (χ1) is 8.61. The van der Waals surface area contributed by atoms with Crippen LogP contribution in [0.5, 0.6) is 0 Å². The number of nitriles is 1. The molecule has 0 saturated heterocycles. The fourth-order valence-corrected chi connectivity index (χ4v) is 2.93. The van der Waals surface area contributed by atoms with E-state index < -0.39 is 0 Å². The lowest BCUT2D eigenvalue weighted by Gasteiger charge is -2.24. The molecule has 1 aliphatic carbocycles. The Bertz CT molecular complexity index is 467. The summed E-state index contributed by atoms with van der Waals surface area (Å²) in [5.74, 6) is 0.787. The van der Waals surface area contributed by atoms with Gasteiger partial charge in [0.25, 0.3) is 0 Å². The van der Waals surface area contributed by atoms with Gasteiger partial charge < -0.3 is 4.90 Å². The maximum Gasteiger partial charge on any atom is 0.103 e. The lowest BCUT2D eigenvalue weighted by molar-refractivity contribution is 0.546. The average Bonchev–Trinajstić information content (AvgIpc) is 2.80. The van der Waals surface area contributed by atoms with Gasteiger partial charge in [0, 0.05) is 19.3 Å². The Hall–Kier alpha value is -1.56. The molecule has 3 nitrogen and oxygen atoms in total. The Morgan fingerprint density at radius 1 is 1.39 bits per heavy atom. The second-order valence-corrected chi connectivity index (χ2v) is 5.39. The molecule has 3 heteroatoms. The van der Waals surface area contributed by atoms with Gasteiger partial charge in [0.05, 0.1) is 16.9 Å². The van der Waals surface area contributed by atoms with Gasteiger partial charge in [-0.15, -0.1) is 0 Å². The van der Waals surface area contributed by atoms with Gasteiger partial charge >= 0.3 is 0 Å². The Morgan fingerprint density at radius 2 is 2.06 bits per heavy atom. The Labute approximate surface area is 109 Å². The van der Waals surface area contributed by atoms with E-state index in [0.717, 1.165) is 35.1 Å². The summed E-state index contributed by atoms with van der Waals surface area (Å²) in [6.45, 7) is 4.96. The van der Waals surface area contributed by atoms with Crippen LogP contribution in [0, 0.1) is 31.1 Å². The average molecular weight is 243 g/mol. The number of rotatable bonds is 3. The number of anilines is 1. The summed E-state index contributed by atoms with van der Waals surface area (Å²) < 4.78 is 0. The van der Waals surface area contributed by atoms with E-state index in [-0.39, 0.29) is 0 Å². The molecule has 0 N–H and O–H groups in total. The zero-order valence-electron chi connectivity index (χ0n) is 11.5. The van der Waals surface area contributed by atoms with E-state index >= 15 is 0 Å². The largest absolute Gasteiger partial charge is 0.373 e. The number of pyridine rings is 1. The van der Waals surface area contributed by atoms with Crippen molar-refractivity contribution in [1.82, 2.24) is 4.98 Å². The van der Waals surface area contributed by atoms with Gasteiger partial charge in [-0.3, -0.25) is 4.98 Å². The Morgan fingerprint density at radius 3 is 2.67 bits per heavy atom. The van der Waals surface area contributed by atoms with Crippen molar-refractivity contribution < 1.29 is 0 Å². The second-order valence-electron chi connectivity index (χ2n) is 5.39. The van der Waals surface area contributed by atoms with Crippen LogP contribution in [0.2, 0.25) is 0 Å². The zero-order chi connectivity index (χ0) is 13.1. The highest BCUT2D eigenvalue weighted by atomic mass is 15.1. The van der Waals surface area contributed by atoms with Crippen LogP contribution in [-0.4, -0.2) is 18.6 Å². The van der Waals surface area contributed by atoms with E-state index in [1.807, 2.05) is 19.9 Å². The highest BCUT2D eigenvalue weighted by molar-refractivity contribution is 5.61. The van der Waals surface area contributed by atoms with Crippen molar-refractivity contribution in [3.63, 3.8) is 0 Å². The molecule has 0 bridgehead atoms. The minimum atomic E-state index is 0.723. The SMILES string of the molecule is Cc1cc(N(C)CC2CCCC2)c(C#N)c(C)n1. The molecule has 0 amide bonds. The zero-order valence-corrected chi connectivity index (χ0v) is 11.5. The van der Waals surface area contributed by atoms with E-state index in [4.69, 9.17) is 0 Å². The third-order valence-electron chi connectivity index (χ3n) is 3.84. The van der Waals surface area contributed by atoms with E-state index in [1.54, 1.807) is 0 Å². The predicted octanol–water partition coefficient (Wildman–Crippen LogP) is 3.20. The summed E-state index contributed by atoms with van der Waals surface area (Å²) in [5, 5.41) is 9.28. The van der Waals surface area contributed by atoms with Crippen LogP contribution in [0.1, 0.15) is 42.6 Å². The van der Waals surface area contributed by atoms with E-state index in [1.165, 1.54) is 25.7 Å². The fraction of sp³-hybridized carbons (Fsp3) is 0.600. The molecule has 18 heavy (non-hydrogen) atoms. The molecule has 1 saturated carbocycles. The molecule has 2 rings (SSSR count). The first-order valence-electron chi connectivity index (χ1n) is 6.71. The molecular formula is C15H21N3. The number of nitrogens with zero attached hydrogens (tertiary/aromatic N) is 3. The first-order valence-corrected chi connectivity index (χ1v) is 6.71. The third-order valence-corrected chi connectivity index (χ3v) is 3.84. The minimum absolute atomic E-state index is 0.723. The number of aryl methyl sites for hydroxylation is 2. The predicted molar refractivity (Wildman–Crippen MR) is 73.7 cm³/mol. The van der Waals surface area contributed by atoms with Crippen molar-refractivity contribution >= 4 is 5.69 Å². The standard InChI is InChI=1S/C15H21N3/c1-11-8-15(14(9-16)12(2)17-11)18(3)10-13-6-4-5-7-13/h8,13H,4-7,10H2,1-3H3. The minimum Gasteiger partial charge on any atom is -0.373 e. The first kappa shape index (κ1) is 12.9. The van der Waals surface area contributed by atoms with Gasteiger partial charge in [-0.05, 0) is 38.7 Å². The van der Waals surface area contributed by atoms with Crippen molar-refractivity contribution in [2.45, 2.75) is 39.5 Å². The van der Waals surface area contributed by atoms with Gasteiger partial charge in [0.15, 0.2) is 0 Å². The number of hydrogen-bond donors (Lipinski definition) is 0. The van der Waals surface area contributed by atoms with E-state index in [9.17, 15) is 5.26 Å². The van der Waals surface area contributed by atoms with Crippen molar-refractivity contribution in [3.05, 3.63) is 23.0 Å². The van der Waals surface area contributed by atoms with Crippen molar-refractivity contribution in [1.29, 1.82) is 5.26 Å². The van der Waals surface area contributed by atoms with Crippen molar-refractivity contribution in [2.75, 3.05) is 18.5 Å². The third kappa shape index (κ3) is 2.64. The molecule has 0 radical (unpaired) electrons. The number of aromatic nitrogens is 1. The van der Waals surface area contributed by atoms with Crippen LogP contribution in [0.3, 0.4) is 0 Å². The van der Waals surface area contributed by atoms with Crippen LogP contribution in [0.25, 0.3) is 0 Å². The molecule has 0 aromatic carbocycles.